The Hall–Kier alpha value is -1.59. The summed E-state index contributed by atoms with van der Waals surface area (Å²) in [6.07, 6.45) is 1.56. The molecule has 1 heterocycles. The first kappa shape index (κ1) is 14.8. The number of rotatable bonds is 4. The monoisotopic (exact) mass is 354 g/mol. The third-order valence-corrected chi connectivity index (χ3v) is 3.96. The SMILES string of the molecule is Cc1ccc(C(Nc2ccc(Cl)c(Br)c2)C(=O)O)cn1. The number of anilines is 1. The van der Waals surface area contributed by atoms with Crippen molar-refractivity contribution in [3.8, 4) is 0 Å². The highest BCUT2D eigenvalue weighted by atomic mass is 79.9. The van der Waals surface area contributed by atoms with Gasteiger partial charge in [-0.3, -0.25) is 4.98 Å². The van der Waals surface area contributed by atoms with Crippen molar-refractivity contribution in [2.24, 2.45) is 0 Å². The van der Waals surface area contributed by atoms with Crippen LogP contribution in [0.2, 0.25) is 5.02 Å². The molecular weight excluding hydrogens is 344 g/mol. The van der Waals surface area contributed by atoms with E-state index >= 15 is 0 Å². The number of carbonyl (C=O) groups is 1. The lowest BCUT2D eigenvalue weighted by Gasteiger charge is -2.16. The molecule has 1 aromatic carbocycles. The molecule has 0 amide bonds. The first-order valence-electron chi connectivity index (χ1n) is 5.84. The molecule has 0 saturated carbocycles. The fourth-order valence-corrected chi connectivity index (χ4v) is 2.19. The van der Waals surface area contributed by atoms with Crippen LogP contribution in [0.25, 0.3) is 0 Å². The maximum Gasteiger partial charge on any atom is 0.330 e. The number of aryl methyl sites for hydroxylation is 1. The number of carboxylic acids is 1. The Morgan fingerprint density at radius 1 is 1.40 bits per heavy atom. The number of halogens is 2. The number of pyridine rings is 1. The molecule has 2 rings (SSSR count). The van der Waals surface area contributed by atoms with Crippen molar-refractivity contribution in [3.05, 3.63) is 57.3 Å². The number of aliphatic carboxylic acids is 1. The van der Waals surface area contributed by atoms with Gasteiger partial charge in [-0.05, 0) is 47.1 Å². The summed E-state index contributed by atoms with van der Waals surface area (Å²) in [5.41, 5.74) is 2.09. The Labute approximate surface area is 129 Å². The van der Waals surface area contributed by atoms with Crippen LogP contribution >= 0.6 is 27.5 Å². The first-order valence-corrected chi connectivity index (χ1v) is 7.01. The lowest BCUT2D eigenvalue weighted by Crippen LogP contribution is -2.20. The molecular formula is C14H12BrClN2O2. The van der Waals surface area contributed by atoms with E-state index in [2.05, 4.69) is 26.2 Å². The Morgan fingerprint density at radius 2 is 2.15 bits per heavy atom. The second kappa shape index (κ2) is 6.24. The van der Waals surface area contributed by atoms with Crippen LogP contribution in [0, 0.1) is 6.92 Å². The van der Waals surface area contributed by atoms with Crippen molar-refractivity contribution >= 4 is 39.2 Å². The van der Waals surface area contributed by atoms with Crippen LogP contribution in [0.1, 0.15) is 17.3 Å². The summed E-state index contributed by atoms with van der Waals surface area (Å²) >= 11 is 9.22. The van der Waals surface area contributed by atoms with Gasteiger partial charge in [0.25, 0.3) is 0 Å². The Bertz CT molecular complexity index is 632. The van der Waals surface area contributed by atoms with Crippen LogP contribution in [-0.2, 0) is 4.79 Å². The largest absolute Gasteiger partial charge is 0.479 e. The minimum absolute atomic E-state index is 0.569. The topological polar surface area (TPSA) is 62.2 Å². The number of nitrogens with one attached hydrogen (secondary N) is 1. The molecule has 1 aromatic heterocycles. The van der Waals surface area contributed by atoms with E-state index in [0.717, 1.165) is 5.69 Å². The van der Waals surface area contributed by atoms with Gasteiger partial charge in [0.05, 0.1) is 5.02 Å². The normalized spacial score (nSPS) is 11.9. The molecule has 0 aliphatic rings. The number of hydrogen-bond acceptors (Lipinski definition) is 3. The molecule has 4 nitrogen and oxygen atoms in total. The third kappa shape index (κ3) is 3.49. The summed E-state index contributed by atoms with van der Waals surface area (Å²) < 4.78 is 0.704. The van der Waals surface area contributed by atoms with Crippen LogP contribution in [-0.4, -0.2) is 16.1 Å². The van der Waals surface area contributed by atoms with Gasteiger partial charge in [0.15, 0.2) is 6.04 Å². The van der Waals surface area contributed by atoms with Gasteiger partial charge in [-0.1, -0.05) is 17.7 Å². The van der Waals surface area contributed by atoms with Crippen molar-refractivity contribution in [3.63, 3.8) is 0 Å². The zero-order chi connectivity index (χ0) is 14.7. The van der Waals surface area contributed by atoms with Gasteiger partial charge in [-0.25, -0.2) is 4.79 Å². The van der Waals surface area contributed by atoms with Crippen LogP contribution in [0.5, 0.6) is 0 Å². The quantitative estimate of drug-likeness (QED) is 0.869. The first-order chi connectivity index (χ1) is 9.47. The van der Waals surface area contributed by atoms with Crippen molar-refractivity contribution in [1.82, 2.24) is 4.98 Å². The maximum atomic E-state index is 11.4. The molecule has 0 aliphatic heterocycles. The Kier molecular flexibility index (Phi) is 4.62. The van der Waals surface area contributed by atoms with Gasteiger partial charge >= 0.3 is 5.97 Å². The number of nitrogens with zero attached hydrogens (tertiary/aromatic N) is 1. The predicted molar refractivity (Wildman–Crippen MR) is 82.1 cm³/mol. The fourth-order valence-electron chi connectivity index (χ4n) is 1.69. The maximum absolute atomic E-state index is 11.4. The second-order valence-electron chi connectivity index (χ2n) is 4.28. The molecule has 0 fully saturated rings. The fraction of sp³-hybridized carbons (Fsp3) is 0.143. The molecule has 0 aliphatic carbocycles. The van der Waals surface area contributed by atoms with E-state index in [4.69, 9.17) is 11.6 Å². The second-order valence-corrected chi connectivity index (χ2v) is 5.54. The van der Waals surface area contributed by atoms with Crippen LogP contribution < -0.4 is 5.32 Å². The Balaban J connectivity index is 2.27. The highest BCUT2D eigenvalue weighted by molar-refractivity contribution is 9.10. The summed E-state index contributed by atoms with van der Waals surface area (Å²) in [6.45, 7) is 1.85. The van der Waals surface area contributed by atoms with Crippen molar-refractivity contribution in [1.29, 1.82) is 0 Å². The zero-order valence-corrected chi connectivity index (χ0v) is 12.9. The van der Waals surface area contributed by atoms with E-state index in [1.54, 1.807) is 36.5 Å². The smallest absolute Gasteiger partial charge is 0.330 e. The summed E-state index contributed by atoms with van der Waals surface area (Å²) in [7, 11) is 0. The average molecular weight is 356 g/mol. The number of carboxylic acid groups (broad SMARTS) is 1. The molecule has 1 atom stereocenters. The van der Waals surface area contributed by atoms with E-state index in [0.29, 0.717) is 20.7 Å². The minimum atomic E-state index is -0.971. The molecule has 6 heteroatoms. The van der Waals surface area contributed by atoms with E-state index in [-0.39, 0.29) is 0 Å². The molecule has 0 spiro atoms. The van der Waals surface area contributed by atoms with Gasteiger partial charge < -0.3 is 10.4 Å². The number of hydrogen-bond donors (Lipinski definition) is 2. The molecule has 0 saturated heterocycles. The van der Waals surface area contributed by atoms with Crippen LogP contribution in [0.15, 0.2) is 41.0 Å². The minimum Gasteiger partial charge on any atom is -0.479 e. The van der Waals surface area contributed by atoms with Gasteiger partial charge in [0.1, 0.15) is 0 Å². The molecule has 0 bridgehead atoms. The van der Waals surface area contributed by atoms with Crippen LogP contribution in [0.4, 0.5) is 5.69 Å². The standard InChI is InChI=1S/C14H12BrClN2O2/c1-8-2-3-9(7-17-8)13(14(19)20)18-10-4-5-12(16)11(15)6-10/h2-7,13,18H,1H3,(H,19,20). The number of aromatic nitrogens is 1. The van der Waals surface area contributed by atoms with Gasteiger partial charge in [-0.2, -0.15) is 0 Å². The summed E-state index contributed by atoms with van der Waals surface area (Å²) in [4.78, 5) is 15.5. The third-order valence-electron chi connectivity index (χ3n) is 2.75. The lowest BCUT2D eigenvalue weighted by atomic mass is 10.1. The van der Waals surface area contributed by atoms with Gasteiger partial charge in [0, 0.05) is 27.6 Å². The highest BCUT2D eigenvalue weighted by Gasteiger charge is 2.20. The average Bonchev–Trinajstić information content (AvgIpc) is 2.41. The lowest BCUT2D eigenvalue weighted by molar-refractivity contribution is -0.138. The van der Waals surface area contributed by atoms with Gasteiger partial charge in [0.2, 0.25) is 0 Å². The summed E-state index contributed by atoms with van der Waals surface area (Å²) in [5, 5.41) is 12.9. The van der Waals surface area contributed by atoms with E-state index in [9.17, 15) is 9.90 Å². The van der Waals surface area contributed by atoms with Crippen LogP contribution in [0.3, 0.4) is 0 Å². The molecule has 104 valence electrons. The zero-order valence-electron chi connectivity index (χ0n) is 10.6. The van der Waals surface area contributed by atoms with E-state index in [1.807, 2.05) is 6.92 Å². The molecule has 2 N–H and O–H groups in total. The summed E-state index contributed by atoms with van der Waals surface area (Å²) in [5.74, 6) is -0.971. The molecule has 2 aromatic rings. The van der Waals surface area contributed by atoms with Crippen molar-refractivity contribution in [2.75, 3.05) is 5.32 Å². The predicted octanol–water partition coefficient (Wildman–Crippen LogP) is 4.04. The Morgan fingerprint density at radius 3 is 2.70 bits per heavy atom. The van der Waals surface area contributed by atoms with Crippen molar-refractivity contribution in [2.45, 2.75) is 13.0 Å². The molecule has 1 unspecified atom stereocenters. The van der Waals surface area contributed by atoms with E-state index in [1.165, 1.54) is 0 Å². The highest BCUT2D eigenvalue weighted by Crippen LogP contribution is 2.28. The van der Waals surface area contributed by atoms with Gasteiger partial charge in [-0.15, -0.1) is 0 Å². The van der Waals surface area contributed by atoms with E-state index < -0.39 is 12.0 Å². The van der Waals surface area contributed by atoms with Crippen molar-refractivity contribution < 1.29 is 9.90 Å². The number of benzene rings is 1. The molecule has 0 radical (unpaired) electrons. The summed E-state index contributed by atoms with van der Waals surface area (Å²) in [6, 6.07) is 7.82. The molecule has 20 heavy (non-hydrogen) atoms.